The highest BCUT2D eigenvalue weighted by Gasteiger charge is 2.48. The van der Waals surface area contributed by atoms with Gasteiger partial charge < -0.3 is 9.16 Å². The number of halogens is 5. The van der Waals surface area contributed by atoms with Gasteiger partial charge in [-0.25, -0.2) is 4.39 Å². The molecule has 8 heteroatoms. The van der Waals surface area contributed by atoms with Gasteiger partial charge in [-0.1, -0.05) is 69.1 Å². The Morgan fingerprint density at radius 3 is 1.96 bits per heavy atom. The monoisotopic (exact) mass is 460 g/mol. The van der Waals surface area contributed by atoms with E-state index in [9.17, 15) is 13.2 Å². The molecule has 1 aromatic carbocycles. The van der Waals surface area contributed by atoms with Crippen molar-refractivity contribution in [3.05, 3.63) is 27.4 Å². The van der Waals surface area contributed by atoms with E-state index in [0.29, 0.717) is 4.47 Å². The van der Waals surface area contributed by atoms with Crippen molar-refractivity contribution in [2.24, 2.45) is 0 Å². The fourth-order valence-corrected chi connectivity index (χ4v) is 9.74. The third kappa shape index (κ3) is 5.37. The Morgan fingerprint density at radius 1 is 1.08 bits per heavy atom. The van der Waals surface area contributed by atoms with E-state index in [-0.39, 0.29) is 21.6 Å². The van der Waals surface area contributed by atoms with Gasteiger partial charge in [0.25, 0.3) is 0 Å². The van der Waals surface area contributed by atoms with Crippen LogP contribution >= 0.6 is 27.5 Å². The third-order valence-electron chi connectivity index (χ3n) is 4.41. The summed E-state index contributed by atoms with van der Waals surface area (Å²) in [7, 11) is -2.48. The molecule has 0 aliphatic heterocycles. The fraction of sp³-hybridized carbons (Fsp3) is 0.647. The molecule has 1 aromatic rings. The van der Waals surface area contributed by atoms with Gasteiger partial charge in [0.2, 0.25) is 8.32 Å². The highest BCUT2D eigenvalue weighted by molar-refractivity contribution is 9.10. The second kappa shape index (κ2) is 8.63. The van der Waals surface area contributed by atoms with Crippen molar-refractivity contribution in [1.82, 2.24) is 0 Å². The highest BCUT2D eigenvalue weighted by Crippen LogP contribution is 2.43. The molecule has 0 aliphatic rings. The summed E-state index contributed by atoms with van der Waals surface area (Å²) in [6.45, 7) is 11.0. The Bertz CT molecular complexity index is 552. The van der Waals surface area contributed by atoms with Crippen molar-refractivity contribution >= 4 is 35.8 Å². The van der Waals surface area contributed by atoms with Crippen LogP contribution < -0.4 is 4.74 Å². The summed E-state index contributed by atoms with van der Waals surface area (Å²) >= 11 is 8.87. The van der Waals surface area contributed by atoms with E-state index in [0.717, 1.165) is 6.07 Å². The molecular formula is C17H25BrClF3O2Si. The minimum absolute atomic E-state index is 0.149. The van der Waals surface area contributed by atoms with Crippen molar-refractivity contribution in [1.29, 1.82) is 0 Å². The number of hydrogen-bond acceptors (Lipinski definition) is 2. The molecule has 0 amide bonds. The van der Waals surface area contributed by atoms with Crippen LogP contribution in [0, 0.1) is 5.82 Å². The van der Waals surface area contributed by atoms with E-state index in [1.165, 1.54) is 6.07 Å². The predicted molar refractivity (Wildman–Crippen MR) is 102 cm³/mol. The summed E-state index contributed by atoms with van der Waals surface area (Å²) in [5, 5.41) is -0.230. The lowest BCUT2D eigenvalue weighted by molar-refractivity contribution is -0.199. The fourth-order valence-electron chi connectivity index (χ4n) is 3.51. The van der Waals surface area contributed by atoms with Crippen LogP contribution in [0.2, 0.25) is 21.6 Å². The van der Waals surface area contributed by atoms with E-state index in [1.807, 2.05) is 41.5 Å². The Hall–Kier alpha value is -0.243. The molecule has 0 heterocycles. The zero-order chi connectivity index (χ0) is 19.6. The molecule has 0 N–H and O–H groups in total. The van der Waals surface area contributed by atoms with Crippen LogP contribution in [0.5, 0.6) is 5.75 Å². The van der Waals surface area contributed by atoms with Crippen LogP contribution in [0.25, 0.3) is 0 Å². The number of ether oxygens (including phenoxy) is 1. The molecule has 0 aromatic heterocycles. The third-order valence-corrected chi connectivity index (χ3v) is 11.2. The molecule has 0 saturated heterocycles. The molecule has 2 nitrogen and oxygen atoms in total. The Labute approximate surface area is 162 Å². The van der Waals surface area contributed by atoms with E-state index in [4.69, 9.17) is 16.0 Å². The zero-order valence-electron chi connectivity index (χ0n) is 15.3. The maximum Gasteiger partial charge on any atom is 0.420 e. The Kier molecular flexibility index (Phi) is 7.87. The van der Waals surface area contributed by atoms with Gasteiger partial charge in [0.05, 0.1) is 5.02 Å². The van der Waals surface area contributed by atoms with Gasteiger partial charge in [0.1, 0.15) is 6.61 Å². The smallest absolute Gasteiger partial charge is 0.420 e. The van der Waals surface area contributed by atoms with Crippen molar-refractivity contribution < 1.29 is 22.3 Å². The van der Waals surface area contributed by atoms with Crippen LogP contribution in [-0.4, -0.2) is 21.0 Å². The summed E-state index contributed by atoms with van der Waals surface area (Å²) in [6, 6.07) is 2.32. The molecule has 1 rings (SSSR count). The van der Waals surface area contributed by atoms with Gasteiger partial charge in [0, 0.05) is 4.47 Å². The van der Waals surface area contributed by atoms with Gasteiger partial charge in [-0.2, -0.15) is 8.78 Å². The minimum atomic E-state index is -3.69. The van der Waals surface area contributed by atoms with Crippen molar-refractivity contribution in [2.45, 2.75) is 64.3 Å². The van der Waals surface area contributed by atoms with Gasteiger partial charge in [-0.15, -0.1) is 0 Å². The maximum absolute atomic E-state index is 14.3. The first kappa shape index (κ1) is 22.8. The Balaban J connectivity index is 3.01. The number of alkyl halides is 2. The van der Waals surface area contributed by atoms with Gasteiger partial charge in [-0.3, -0.25) is 0 Å². The predicted octanol–water partition coefficient (Wildman–Crippen LogP) is 7.41. The summed E-state index contributed by atoms with van der Waals surface area (Å²) in [5.74, 6) is -1.64. The van der Waals surface area contributed by atoms with Crippen LogP contribution in [0.4, 0.5) is 13.2 Å². The van der Waals surface area contributed by atoms with E-state index < -0.39 is 32.6 Å². The molecule has 0 fully saturated rings. The zero-order valence-corrected chi connectivity index (χ0v) is 18.6. The highest BCUT2D eigenvalue weighted by atomic mass is 79.9. The van der Waals surface area contributed by atoms with E-state index in [1.54, 1.807) is 0 Å². The Morgan fingerprint density at radius 2 is 1.56 bits per heavy atom. The second-order valence-electron chi connectivity index (χ2n) is 7.04. The average molecular weight is 462 g/mol. The van der Waals surface area contributed by atoms with Gasteiger partial charge in [0.15, 0.2) is 11.6 Å². The van der Waals surface area contributed by atoms with Crippen LogP contribution in [-0.2, 0) is 4.43 Å². The first-order chi connectivity index (χ1) is 11.3. The van der Waals surface area contributed by atoms with Crippen molar-refractivity contribution in [2.75, 3.05) is 6.61 Å². The number of benzene rings is 1. The minimum Gasteiger partial charge on any atom is -0.426 e. The lowest BCUT2D eigenvalue weighted by atomic mass is 10.3. The lowest BCUT2D eigenvalue weighted by Gasteiger charge is -2.42. The molecule has 25 heavy (non-hydrogen) atoms. The SMILES string of the molecule is CC(C)[Si](OCC(F)(F)Oc1c(F)cc(Br)cc1Cl)(C(C)C)C(C)C. The normalized spacial score (nSPS) is 13.2. The molecule has 0 atom stereocenters. The molecule has 0 spiro atoms. The maximum atomic E-state index is 14.3. The molecule has 0 saturated carbocycles. The van der Waals surface area contributed by atoms with Gasteiger partial charge in [-0.05, 0) is 28.8 Å². The molecule has 144 valence electrons. The molecule has 0 bridgehead atoms. The van der Waals surface area contributed by atoms with E-state index in [2.05, 4.69) is 20.7 Å². The van der Waals surface area contributed by atoms with Crippen LogP contribution in [0.3, 0.4) is 0 Å². The molecule has 0 aliphatic carbocycles. The largest absolute Gasteiger partial charge is 0.426 e. The topological polar surface area (TPSA) is 18.5 Å². The lowest BCUT2D eigenvalue weighted by Crippen LogP contribution is -2.50. The molecule has 0 radical (unpaired) electrons. The summed E-state index contributed by atoms with van der Waals surface area (Å²) in [5.41, 5.74) is 0.448. The summed E-state index contributed by atoms with van der Waals surface area (Å²) in [6.07, 6.45) is -3.69. The summed E-state index contributed by atoms with van der Waals surface area (Å²) in [4.78, 5) is 0. The van der Waals surface area contributed by atoms with Crippen molar-refractivity contribution in [3.63, 3.8) is 0 Å². The molecular weight excluding hydrogens is 437 g/mol. The number of hydrogen-bond donors (Lipinski definition) is 0. The summed E-state index contributed by atoms with van der Waals surface area (Å²) < 4.78 is 53.3. The standard InChI is InChI=1S/C17H25BrClF3O2Si/c1-10(2)25(11(3)4,12(5)6)23-9-17(21,22)24-16-14(19)7-13(18)8-15(16)20/h7-8,10-12H,9H2,1-6H3. The van der Waals surface area contributed by atoms with Crippen LogP contribution in [0.15, 0.2) is 16.6 Å². The average Bonchev–Trinajstić information content (AvgIpc) is 2.42. The first-order valence-corrected chi connectivity index (χ1v) is 11.5. The van der Waals surface area contributed by atoms with Crippen molar-refractivity contribution in [3.8, 4) is 5.75 Å². The first-order valence-electron chi connectivity index (χ1n) is 8.18. The van der Waals surface area contributed by atoms with E-state index >= 15 is 0 Å². The second-order valence-corrected chi connectivity index (χ2v) is 13.8. The quantitative estimate of drug-likeness (QED) is 0.375. The number of rotatable bonds is 8. The molecule has 0 unspecified atom stereocenters. The van der Waals surface area contributed by atoms with Crippen LogP contribution in [0.1, 0.15) is 41.5 Å². The van der Waals surface area contributed by atoms with Gasteiger partial charge >= 0.3 is 6.11 Å².